The second-order valence-corrected chi connectivity index (χ2v) is 7.72. The normalized spacial score (nSPS) is 19.3. The van der Waals surface area contributed by atoms with E-state index in [-0.39, 0.29) is 31.1 Å². The van der Waals surface area contributed by atoms with E-state index in [9.17, 15) is 14.4 Å². The Balaban J connectivity index is 1.94. The average molecular weight is 390 g/mol. The maximum absolute atomic E-state index is 12.9. The highest BCUT2D eigenvalue weighted by Crippen LogP contribution is 2.24. The quantitative estimate of drug-likeness (QED) is 0.621. The van der Waals surface area contributed by atoms with E-state index in [4.69, 9.17) is 4.74 Å². The Bertz CT molecular complexity index is 719. The highest BCUT2D eigenvalue weighted by molar-refractivity contribution is 6.06. The molecule has 1 aromatic rings. The van der Waals surface area contributed by atoms with Crippen LogP contribution in [0.4, 0.5) is 4.79 Å². The maximum atomic E-state index is 12.9. The van der Waals surface area contributed by atoms with E-state index < -0.39 is 11.6 Å². The van der Waals surface area contributed by atoms with Crippen molar-refractivity contribution < 1.29 is 19.1 Å². The fourth-order valence-electron chi connectivity index (χ4n) is 3.14. The molecular formula is C20H30N4O4. The van der Waals surface area contributed by atoms with E-state index >= 15 is 0 Å². The lowest BCUT2D eigenvalue weighted by molar-refractivity contribution is -0.133. The van der Waals surface area contributed by atoms with Gasteiger partial charge in [0.1, 0.15) is 11.3 Å². The van der Waals surface area contributed by atoms with E-state index in [1.807, 2.05) is 38.1 Å². The molecule has 0 spiro atoms. The van der Waals surface area contributed by atoms with Gasteiger partial charge in [-0.2, -0.15) is 0 Å². The van der Waals surface area contributed by atoms with Gasteiger partial charge in [0.15, 0.2) is 0 Å². The predicted molar refractivity (Wildman–Crippen MR) is 106 cm³/mol. The molecule has 0 saturated carbocycles. The molecule has 28 heavy (non-hydrogen) atoms. The van der Waals surface area contributed by atoms with Crippen molar-refractivity contribution in [1.82, 2.24) is 20.4 Å². The zero-order valence-corrected chi connectivity index (χ0v) is 17.2. The number of benzene rings is 1. The Morgan fingerprint density at radius 3 is 2.50 bits per heavy atom. The van der Waals surface area contributed by atoms with E-state index in [1.54, 1.807) is 26.0 Å². The zero-order valence-electron chi connectivity index (χ0n) is 17.2. The Hall–Kier alpha value is -2.61. The number of carbonyl (C=O) groups is 3. The number of methoxy groups -OCH3 is 1. The fraction of sp³-hybridized carbons (Fsp3) is 0.550. The van der Waals surface area contributed by atoms with Gasteiger partial charge in [-0.25, -0.2) is 9.69 Å². The molecule has 0 bridgehead atoms. The van der Waals surface area contributed by atoms with Crippen LogP contribution in [0.2, 0.25) is 0 Å². The van der Waals surface area contributed by atoms with Crippen LogP contribution in [0.3, 0.4) is 0 Å². The molecule has 1 heterocycles. The Labute approximate surface area is 166 Å². The molecule has 1 aliphatic rings. The molecule has 154 valence electrons. The number of nitrogens with zero attached hydrogens (tertiary/aromatic N) is 2. The number of carbonyl (C=O) groups excluding carboxylic acids is 3. The summed E-state index contributed by atoms with van der Waals surface area (Å²) >= 11 is 0. The van der Waals surface area contributed by atoms with Crippen molar-refractivity contribution in [2.24, 2.45) is 0 Å². The second-order valence-electron chi connectivity index (χ2n) is 7.72. The molecule has 2 N–H and O–H groups in total. The lowest BCUT2D eigenvalue weighted by Crippen LogP contribution is -2.47. The van der Waals surface area contributed by atoms with Crippen molar-refractivity contribution >= 4 is 17.8 Å². The van der Waals surface area contributed by atoms with Gasteiger partial charge in [-0.05, 0) is 58.4 Å². The molecule has 1 fully saturated rings. The Morgan fingerprint density at radius 1 is 1.29 bits per heavy atom. The standard InChI is InChI=1S/C20H30N4O4/c1-14(2)21-17(25)12-23(4)13-24-18(26)20(3,22-19(24)27)11-10-15-6-8-16(28-5)9-7-15/h6-9,14H,10-13H2,1-5H3,(H,21,25)(H,22,27)/t20-/m0/s1. The van der Waals surface area contributed by atoms with Gasteiger partial charge in [0.05, 0.1) is 20.3 Å². The van der Waals surface area contributed by atoms with Gasteiger partial charge in [0.25, 0.3) is 5.91 Å². The van der Waals surface area contributed by atoms with Crippen LogP contribution in [-0.4, -0.2) is 66.6 Å². The molecule has 1 atom stereocenters. The summed E-state index contributed by atoms with van der Waals surface area (Å²) < 4.78 is 5.15. The number of imide groups is 1. The van der Waals surface area contributed by atoms with Crippen molar-refractivity contribution in [2.45, 2.75) is 45.2 Å². The monoisotopic (exact) mass is 390 g/mol. The summed E-state index contributed by atoms with van der Waals surface area (Å²) in [6.07, 6.45) is 1.13. The van der Waals surface area contributed by atoms with Crippen LogP contribution in [0.15, 0.2) is 24.3 Å². The minimum absolute atomic E-state index is 0.0406. The molecule has 1 aliphatic heterocycles. The summed E-state index contributed by atoms with van der Waals surface area (Å²) in [5.41, 5.74) is 0.0999. The van der Waals surface area contributed by atoms with Crippen LogP contribution >= 0.6 is 0 Å². The number of likely N-dealkylation sites (N-methyl/N-ethyl adjacent to an activating group) is 1. The van der Waals surface area contributed by atoms with Crippen molar-refractivity contribution in [2.75, 3.05) is 27.4 Å². The first-order chi connectivity index (χ1) is 13.1. The zero-order chi connectivity index (χ0) is 20.9. The maximum Gasteiger partial charge on any atom is 0.326 e. The van der Waals surface area contributed by atoms with E-state index in [0.29, 0.717) is 12.8 Å². The Kier molecular flexibility index (Phi) is 7.01. The number of hydrogen-bond acceptors (Lipinski definition) is 5. The van der Waals surface area contributed by atoms with Gasteiger partial charge >= 0.3 is 6.03 Å². The summed E-state index contributed by atoms with van der Waals surface area (Å²) in [7, 11) is 3.31. The molecule has 2 rings (SSSR count). The van der Waals surface area contributed by atoms with Crippen molar-refractivity contribution in [3.8, 4) is 5.75 Å². The largest absolute Gasteiger partial charge is 0.497 e. The predicted octanol–water partition coefficient (Wildman–Crippen LogP) is 1.35. The third-order valence-electron chi connectivity index (χ3n) is 4.66. The first-order valence-corrected chi connectivity index (χ1v) is 9.39. The van der Waals surface area contributed by atoms with Gasteiger partial charge in [0.2, 0.25) is 5.91 Å². The third kappa shape index (κ3) is 5.45. The molecule has 4 amide bonds. The Morgan fingerprint density at radius 2 is 1.93 bits per heavy atom. The molecule has 8 heteroatoms. The summed E-state index contributed by atoms with van der Waals surface area (Å²) in [6.45, 7) is 5.67. The number of hydrogen-bond donors (Lipinski definition) is 2. The highest BCUT2D eigenvalue weighted by atomic mass is 16.5. The lowest BCUT2D eigenvalue weighted by Gasteiger charge is -2.24. The number of aryl methyl sites for hydroxylation is 1. The molecular weight excluding hydrogens is 360 g/mol. The highest BCUT2D eigenvalue weighted by Gasteiger charge is 2.47. The molecule has 0 unspecified atom stereocenters. The summed E-state index contributed by atoms with van der Waals surface area (Å²) in [5.74, 6) is 0.352. The van der Waals surface area contributed by atoms with E-state index in [0.717, 1.165) is 16.2 Å². The average Bonchev–Trinajstić information content (AvgIpc) is 2.83. The first kappa shape index (κ1) is 21.7. The minimum atomic E-state index is -0.960. The molecule has 1 aromatic carbocycles. The van der Waals surface area contributed by atoms with Crippen molar-refractivity contribution in [3.63, 3.8) is 0 Å². The lowest BCUT2D eigenvalue weighted by atomic mass is 9.93. The van der Waals surface area contributed by atoms with Crippen LogP contribution in [0, 0.1) is 0 Å². The molecule has 0 aromatic heterocycles. The van der Waals surface area contributed by atoms with Crippen molar-refractivity contribution in [1.29, 1.82) is 0 Å². The summed E-state index contributed by atoms with van der Waals surface area (Å²) in [4.78, 5) is 39.9. The van der Waals surface area contributed by atoms with Crippen LogP contribution in [-0.2, 0) is 16.0 Å². The van der Waals surface area contributed by atoms with Gasteiger partial charge in [-0.1, -0.05) is 12.1 Å². The number of amides is 4. The number of urea groups is 1. The summed E-state index contributed by atoms with van der Waals surface area (Å²) in [6, 6.07) is 7.24. The van der Waals surface area contributed by atoms with Crippen molar-refractivity contribution in [3.05, 3.63) is 29.8 Å². The third-order valence-corrected chi connectivity index (χ3v) is 4.66. The molecule has 8 nitrogen and oxygen atoms in total. The minimum Gasteiger partial charge on any atom is -0.497 e. The van der Waals surface area contributed by atoms with Crippen LogP contribution in [0.25, 0.3) is 0 Å². The second kappa shape index (κ2) is 9.05. The van der Waals surface area contributed by atoms with Gasteiger partial charge in [-0.15, -0.1) is 0 Å². The first-order valence-electron chi connectivity index (χ1n) is 9.39. The fourth-order valence-corrected chi connectivity index (χ4v) is 3.14. The number of ether oxygens (including phenoxy) is 1. The van der Waals surface area contributed by atoms with E-state index in [2.05, 4.69) is 10.6 Å². The smallest absolute Gasteiger partial charge is 0.326 e. The van der Waals surface area contributed by atoms with Gasteiger partial charge in [-0.3, -0.25) is 14.5 Å². The SMILES string of the molecule is COc1ccc(CC[C@]2(C)NC(=O)N(CN(C)CC(=O)NC(C)C)C2=O)cc1. The van der Waals surface area contributed by atoms with Crippen LogP contribution in [0.5, 0.6) is 5.75 Å². The molecule has 0 aliphatic carbocycles. The van der Waals surface area contributed by atoms with E-state index in [1.165, 1.54) is 0 Å². The van der Waals surface area contributed by atoms with Crippen LogP contribution < -0.4 is 15.4 Å². The molecule has 0 radical (unpaired) electrons. The summed E-state index contributed by atoms with van der Waals surface area (Å²) in [5, 5.41) is 5.59. The number of nitrogens with one attached hydrogen (secondary N) is 2. The molecule has 1 saturated heterocycles. The van der Waals surface area contributed by atoms with Gasteiger partial charge < -0.3 is 15.4 Å². The van der Waals surface area contributed by atoms with Gasteiger partial charge in [0, 0.05) is 6.04 Å². The van der Waals surface area contributed by atoms with Crippen LogP contribution in [0.1, 0.15) is 32.8 Å². The topological polar surface area (TPSA) is 91.0 Å². The number of rotatable bonds is 9.